The van der Waals surface area contributed by atoms with E-state index in [2.05, 4.69) is 15.6 Å². The first kappa shape index (κ1) is 25.5. The molecule has 4 aromatic rings. The number of aromatic nitrogens is 1. The van der Waals surface area contributed by atoms with Crippen LogP contribution in [0.15, 0.2) is 60.7 Å². The minimum atomic E-state index is -0.667. The zero-order chi connectivity index (χ0) is 28.1. The van der Waals surface area contributed by atoms with Crippen LogP contribution in [0.1, 0.15) is 62.8 Å². The summed E-state index contributed by atoms with van der Waals surface area (Å²) in [6.45, 7) is 4.34. The van der Waals surface area contributed by atoms with Gasteiger partial charge in [0, 0.05) is 41.1 Å². The van der Waals surface area contributed by atoms with E-state index in [0.717, 1.165) is 33.9 Å². The molecule has 3 heterocycles. The minimum Gasteiger partial charge on any atom is -0.493 e. The van der Waals surface area contributed by atoms with Crippen molar-refractivity contribution in [3.63, 3.8) is 0 Å². The Kier molecular flexibility index (Phi) is 6.21. The molecule has 0 spiro atoms. The predicted octanol–water partition coefficient (Wildman–Crippen LogP) is 4.91. The van der Waals surface area contributed by atoms with Crippen molar-refractivity contribution >= 4 is 17.6 Å². The lowest BCUT2D eigenvalue weighted by atomic mass is 9.70. The largest absolute Gasteiger partial charge is 0.493 e. The van der Waals surface area contributed by atoms with Crippen LogP contribution >= 0.6 is 0 Å². The lowest BCUT2D eigenvalue weighted by Crippen LogP contribution is -2.45. The van der Waals surface area contributed by atoms with Gasteiger partial charge in [-0.05, 0) is 72.0 Å². The van der Waals surface area contributed by atoms with E-state index in [9.17, 15) is 18.4 Å². The van der Waals surface area contributed by atoms with Crippen molar-refractivity contribution < 1.29 is 23.1 Å². The number of amides is 2. The van der Waals surface area contributed by atoms with E-state index in [1.165, 1.54) is 12.1 Å². The van der Waals surface area contributed by atoms with Crippen LogP contribution in [-0.2, 0) is 11.3 Å². The van der Waals surface area contributed by atoms with Crippen LogP contribution in [0.4, 0.5) is 14.6 Å². The minimum absolute atomic E-state index is 0.159. The smallest absolute Gasteiger partial charge is 0.251 e. The first-order valence-electron chi connectivity index (χ1n) is 13.0. The Hall–Kier alpha value is -4.79. The Morgan fingerprint density at radius 2 is 1.82 bits per heavy atom. The van der Waals surface area contributed by atoms with Crippen molar-refractivity contribution in [3.05, 3.63) is 111 Å². The molecular formula is C31H26F2N4O3. The van der Waals surface area contributed by atoms with Gasteiger partial charge in [-0.3, -0.25) is 9.59 Å². The maximum absolute atomic E-state index is 14.5. The molecule has 9 heteroatoms. The summed E-state index contributed by atoms with van der Waals surface area (Å²) in [5.41, 5.74) is 11.8. The van der Waals surface area contributed by atoms with E-state index in [1.54, 1.807) is 36.4 Å². The average Bonchev–Trinajstić information content (AvgIpc) is 2.92. The van der Waals surface area contributed by atoms with Gasteiger partial charge in [0.1, 0.15) is 23.2 Å². The number of nitrogens with zero attached hydrogens (tertiary/aromatic N) is 1. The molecule has 2 bridgehead atoms. The van der Waals surface area contributed by atoms with E-state index < -0.39 is 23.6 Å². The van der Waals surface area contributed by atoms with Gasteiger partial charge in [0.15, 0.2) is 0 Å². The summed E-state index contributed by atoms with van der Waals surface area (Å²) in [7, 11) is 0. The average molecular weight is 541 g/mol. The molecule has 0 saturated carbocycles. The Labute approximate surface area is 229 Å². The monoisotopic (exact) mass is 540 g/mol. The van der Waals surface area contributed by atoms with E-state index in [1.807, 2.05) is 19.9 Å². The molecule has 1 aliphatic carbocycles. The second-order valence-corrected chi connectivity index (χ2v) is 9.91. The number of carbonyl (C=O) groups is 2. The summed E-state index contributed by atoms with van der Waals surface area (Å²) >= 11 is 0. The number of hydrogen-bond acceptors (Lipinski definition) is 5. The molecule has 4 N–H and O–H groups in total. The first-order chi connectivity index (χ1) is 19.2. The van der Waals surface area contributed by atoms with Gasteiger partial charge in [-0.1, -0.05) is 18.2 Å². The van der Waals surface area contributed by atoms with Gasteiger partial charge in [-0.25, -0.2) is 13.8 Å². The third kappa shape index (κ3) is 4.23. The molecule has 2 atom stereocenters. The maximum Gasteiger partial charge on any atom is 0.251 e. The Morgan fingerprint density at radius 1 is 1.02 bits per heavy atom. The number of hydrogen-bond donors (Lipinski definition) is 3. The third-order valence-electron chi connectivity index (χ3n) is 7.51. The fourth-order valence-electron chi connectivity index (χ4n) is 5.67. The van der Waals surface area contributed by atoms with E-state index in [4.69, 9.17) is 10.5 Å². The fraction of sp³-hybridized carbons (Fsp3) is 0.194. The molecule has 7 nitrogen and oxygen atoms in total. The van der Waals surface area contributed by atoms with E-state index in [-0.39, 0.29) is 23.9 Å². The van der Waals surface area contributed by atoms with Crippen molar-refractivity contribution in [2.75, 3.05) is 12.3 Å². The third-order valence-corrected chi connectivity index (χ3v) is 7.51. The molecule has 0 saturated heterocycles. The molecule has 2 unspecified atom stereocenters. The number of carbonyl (C=O) groups excluding carboxylic acids is 2. The predicted molar refractivity (Wildman–Crippen MR) is 146 cm³/mol. The number of nitrogen functional groups attached to an aromatic ring is 1. The summed E-state index contributed by atoms with van der Waals surface area (Å²) in [6, 6.07) is 15.4. The standard InChI is InChI=1S/C31H26F2N4O3/c1-3-40-26-13-27(34)36-15(2)24(26)14-35-30(38)17-5-7-20-23(11-17)29-21-8-4-16(10-22(21)28(20)31(39)37-29)19-9-6-18(32)12-25(19)33/h4-13,28-29H,3,14H2,1-2H3,(H2,34,36)(H,35,38)(H,37,39). The van der Waals surface area contributed by atoms with Crippen LogP contribution in [-0.4, -0.2) is 23.4 Å². The second kappa shape index (κ2) is 9.75. The van der Waals surface area contributed by atoms with Gasteiger partial charge in [0.2, 0.25) is 5.91 Å². The van der Waals surface area contributed by atoms with Gasteiger partial charge < -0.3 is 21.1 Å². The van der Waals surface area contributed by atoms with Crippen molar-refractivity contribution in [3.8, 4) is 16.9 Å². The van der Waals surface area contributed by atoms with E-state index in [0.29, 0.717) is 35.0 Å². The van der Waals surface area contributed by atoms with Crippen LogP contribution < -0.4 is 21.1 Å². The molecule has 1 aromatic heterocycles. The lowest BCUT2D eigenvalue weighted by Gasteiger charge is -2.40. The number of aryl methyl sites for hydroxylation is 1. The maximum atomic E-state index is 14.5. The van der Waals surface area contributed by atoms with Gasteiger partial charge in [-0.2, -0.15) is 0 Å². The number of rotatable bonds is 6. The molecule has 202 valence electrons. The summed E-state index contributed by atoms with van der Waals surface area (Å²) in [5, 5.41) is 5.97. The fourth-order valence-corrected chi connectivity index (χ4v) is 5.67. The summed E-state index contributed by atoms with van der Waals surface area (Å²) in [6.07, 6.45) is 0. The number of anilines is 1. The van der Waals surface area contributed by atoms with Crippen LogP contribution in [0.5, 0.6) is 5.75 Å². The highest BCUT2D eigenvalue weighted by Crippen LogP contribution is 2.47. The van der Waals surface area contributed by atoms with Crippen LogP contribution in [0.25, 0.3) is 11.1 Å². The quantitative estimate of drug-likeness (QED) is 0.322. The lowest BCUT2D eigenvalue weighted by molar-refractivity contribution is -0.123. The molecule has 40 heavy (non-hydrogen) atoms. The van der Waals surface area contributed by atoms with Gasteiger partial charge >= 0.3 is 0 Å². The Balaban J connectivity index is 1.29. The van der Waals surface area contributed by atoms with E-state index >= 15 is 0 Å². The summed E-state index contributed by atoms with van der Waals surface area (Å²) in [5.74, 6) is -1.44. The Bertz CT molecular complexity index is 1700. The number of nitrogens with one attached hydrogen (secondary N) is 2. The molecular weight excluding hydrogens is 514 g/mol. The normalized spacial score (nSPS) is 16.6. The van der Waals surface area contributed by atoms with Crippen molar-refractivity contribution in [2.45, 2.75) is 32.4 Å². The molecule has 3 aromatic carbocycles. The zero-order valence-electron chi connectivity index (χ0n) is 21.8. The summed E-state index contributed by atoms with van der Waals surface area (Å²) in [4.78, 5) is 30.5. The molecule has 3 aliphatic rings. The molecule has 2 amide bonds. The Morgan fingerprint density at radius 3 is 2.60 bits per heavy atom. The molecule has 2 aliphatic heterocycles. The molecule has 0 fully saturated rings. The van der Waals surface area contributed by atoms with Crippen LogP contribution in [0, 0.1) is 18.6 Å². The number of nitrogens with two attached hydrogens (primary N) is 1. The number of halogens is 2. The SMILES string of the molecule is CCOc1cc(N)nc(C)c1CNC(=O)c1ccc2c(c1)C1NC(=O)C2c2cc(-c3ccc(F)cc3F)ccc21. The second-order valence-electron chi connectivity index (χ2n) is 9.91. The highest BCUT2D eigenvalue weighted by molar-refractivity contribution is 5.97. The number of pyridine rings is 1. The summed E-state index contributed by atoms with van der Waals surface area (Å²) < 4.78 is 33.6. The van der Waals surface area contributed by atoms with Gasteiger partial charge in [0.25, 0.3) is 5.91 Å². The molecule has 7 rings (SSSR count). The zero-order valence-corrected chi connectivity index (χ0v) is 21.8. The first-order valence-corrected chi connectivity index (χ1v) is 13.0. The molecule has 0 radical (unpaired) electrons. The van der Waals surface area contributed by atoms with Crippen LogP contribution in [0.3, 0.4) is 0 Å². The number of ether oxygens (including phenoxy) is 1. The van der Waals surface area contributed by atoms with Gasteiger partial charge in [0.05, 0.1) is 18.6 Å². The van der Waals surface area contributed by atoms with Crippen molar-refractivity contribution in [2.24, 2.45) is 0 Å². The van der Waals surface area contributed by atoms with Crippen LogP contribution in [0.2, 0.25) is 0 Å². The number of benzene rings is 3. The highest BCUT2D eigenvalue weighted by Gasteiger charge is 2.43. The highest BCUT2D eigenvalue weighted by atomic mass is 19.1. The van der Waals surface area contributed by atoms with Gasteiger partial charge in [-0.15, -0.1) is 0 Å². The van der Waals surface area contributed by atoms with Crippen molar-refractivity contribution in [1.29, 1.82) is 0 Å². The van der Waals surface area contributed by atoms with Crippen molar-refractivity contribution in [1.82, 2.24) is 15.6 Å². The number of fused-ring (bicyclic) bond motifs is 1. The topological polar surface area (TPSA) is 106 Å².